The molecule has 0 aliphatic carbocycles. The average Bonchev–Trinajstić information content (AvgIpc) is 2.71. The first-order valence-corrected chi connectivity index (χ1v) is 8.83. The minimum Gasteiger partial charge on any atom is -0.345 e. The lowest BCUT2D eigenvalue weighted by Crippen LogP contribution is -2.36. The number of pyridine rings is 3. The second kappa shape index (κ2) is 8.50. The fourth-order valence-corrected chi connectivity index (χ4v) is 2.90. The SMILES string of the molecule is O=C(NCC(F)(F)c1ncc(-c2ccc(F)nc2)cc1Cl)c1cccnc1C(F)(F)F. The number of hydrogen-bond acceptors (Lipinski definition) is 4. The van der Waals surface area contributed by atoms with Crippen molar-refractivity contribution < 1.29 is 31.1 Å². The molecule has 31 heavy (non-hydrogen) atoms. The molecule has 12 heteroatoms. The van der Waals surface area contributed by atoms with Crippen molar-refractivity contribution in [3.8, 4) is 11.1 Å². The lowest BCUT2D eigenvalue weighted by atomic mass is 10.1. The second-order valence-electron chi connectivity index (χ2n) is 6.21. The zero-order valence-corrected chi connectivity index (χ0v) is 16.0. The van der Waals surface area contributed by atoms with Gasteiger partial charge in [0.15, 0.2) is 5.69 Å². The zero-order valence-electron chi connectivity index (χ0n) is 15.2. The summed E-state index contributed by atoms with van der Waals surface area (Å²) in [5.74, 6) is -5.92. The van der Waals surface area contributed by atoms with Crippen LogP contribution in [0.3, 0.4) is 0 Å². The maximum absolute atomic E-state index is 14.6. The van der Waals surface area contributed by atoms with Gasteiger partial charge in [-0.05, 0) is 30.3 Å². The molecule has 0 aliphatic rings. The number of rotatable bonds is 5. The Kier molecular flexibility index (Phi) is 6.16. The number of carbonyl (C=O) groups excluding carboxylic acids is 1. The van der Waals surface area contributed by atoms with E-state index in [-0.39, 0.29) is 5.56 Å². The fraction of sp³-hybridized carbons (Fsp3) is 0.158. The van der Waals surface area contributed by atoms with E-state index in [1.54, 1.807) is 5.32 Å². The number of nitrogens with one attached hydrogen (secondary N) is 1. The predicted octanol–water partition coefficient (Wildman–Crippen LogP) is 4.87. The Morgan fingerprint density at radius 1 is 0.968 bits per heavy atom. The van der Waals surface area contributed by atoms with Crippen LogP contribution in [0.4, 0.5) is 26.3 Å². The number of nitrogens with zero attached hydrogens (tertiary/aromatic N) is 3. The molecule has 3 aromatic rings. The van der Waals surface area contributed by atoms with Crippen LogP contribution >= 0.6 is 11.6 Å². The van der Waals surface area contributed by atoms with Crippen LogP contribution in [0.5, 0.6) is 0 Å². The minimum atomic E-state index is -4.94. The maximum atomic E-state index is 14.6. The number of hydrogen-bond donors (Lipinski definition) is 1. The third-order valence-corrected chi connectivity index (χ3v) is 4.33. The summed E-state index contributed by atoms with van der Waals surface area (Å²) in [6.07, 6.45) is -1.90. The molecule has 0 aromatic carbocycles. The quantitative estimate of drug-likeness (QED) is 0.436. The Balaban J connectivity index is 1.78. The first-order valence-electron chi connectivity index (χ1n) is 8.45. The summed E-state index contributed by atoms with van der Waals surface area (Å²) in [6, 6.07) is 5.45. The summed E-state index contributed by atoms with van der Waals surface area (Å²) in [5, 5.41) is 1.29. The summed E-state index contributed by atoms with van der Waals surface area (Å²) < 4.78 is 80.9. The molecule has 1 N–H and O–H groups in total. The topological polar surface area (TPSA) is 67.8 Å². The van der Waals surface area contributed by atoms with Gasteiger partial charge in [0, 0.05) is 29.7 Å². The largest absolute Gasteiger partial charge is 0.434 e. The molecule has 0 saturated carbocycles. The lowest BCUT2D eigenvalue weighted by molar-refractivity contribution is -0.141. The fourth-order valence-electron chi connectivity index (χ4n) is 2.60. The van der Waals surface area contributed by atoms with Crippen LogP contribution in [0.25, 0.3) is 11.1 Å². The Morgan fingerprint density at radius 3 is 2.29 bits per heavy atom. The van der Waals surface area contributed by atoms with Gasteiger partial charge in [-0.1, -0.05) is 11.6 Å². The van der Waals surface area contributed by atoms with Gasteiger partial charge in [-0.2, -0.15) is 26.3 Å². The molecule has 3 aromatic heterocycles. The molecule has 0 spiro atoms. The maximum Gasteiger partial charge on any atom is 0.434 e. The van der Waals surface area contributed by atoms with Crippen molar-refractivity contribution in [3.05, 3.63) is 76.8 Å². The van der Waals surface area contributed by atoms with E-state index < -0.39 is 52.5 Å². The predicted molar refractivity (Wildman–Crippen MR) is 97.9 cm³/mol. The molecular weight excluding hydrogens is 450 g/mol. The van der Waals surface area contributed by atoms with Crippen molar-refractivity contribution in [1.29, 1.82) is 0 Å². The Hall–Kier alpha value is -3.21. The van der Waals surface area contributed by atoms with Gasteiger partial charge in [0.25, 0.3) is 5.91 Å². The summed E-state index contributed by atoms with van der Waals surface area (Å²) in [6.45, 7) is -1.36. The van der Waals surface area contributed by atoms with E-state index in [9.17, 15) is 31.1 Å². The van der Waals surface area contributed by atoms with Gasteiger partial charge < -0.3 is 5.32 Å². The first-order chi connectivity index (χ1) is 14.5. The van der Waals surface area contributed by atoms with E-state index in [0.717, 1.165) is 42.9 Å². The smallest absolute Gasteiger partial charge is 0.345 e. The van der Waals surface area contributed by atoms with Crippen LogP contribution in [0.1, 0.15) is 21.7 Å². The van der Waals surface area contributed by atoms with Crippen molar-refractivity contribution in [2.75, 3.05) is 6.54 Å². The Morgan fingerprint density at radius 2 is 1.68 bits per heavy atom. The molecule has 3 rings (SSSR count). The molecule has 0 radical (unpaired) electrons. The number of halogens is 7. The summed E-state index contributed by atoms with van der Waals surface area (Å²) in [7, 11) is 0. The van der Waals surface area contributed by atoms with Crippen LogP contribution in [0.2, 0.25) is 5.02 Å². The van der Waals surface area contributed by atoms with Crippen LogP contribution in [0, 0.1) is 5.95 Å². The summed E-state index contributed by atoms with van der Waals surface area (Å²) in [4.78, 5) is 22.2. The van der Waals surface area contributed by atoms with Gasteiger partial charge >= 0.3 is 12.1 Å². The molecule has 0 bridgehead atoms. The molecule has 0 atom stereocenters. The normalized spacial score (nSPS) is 12.0. The Bertz CT molecular complexity index is 1110. The highest BCUT2D eigenvalue weighted by atomic mass is 35.5. The molecule has 0 unspecified atom stereocenters. The Labute approximate surface area is 176 Å². The van der Waals surface area contributed by atoms with Gasteiger partial charge in [0.1, 0.15) is 5.69 Å². The monoisotopic (exact) mass is 460 g/mol. The molecule has 5 nitrogen and oxygen atoms in total. The number of alkyl halides is 5. The average molecular weight is 461 g/mol. The van der Waals surface area contributed by atoms with E-state index >= 15 is 0 Å². The minimum absolute atomic E-state index is 0.284. The standard InChI is InChI=1S/C19H11ClF6N4O/c20-13-6-11(10-3-4-14(21)28-7-10)8-29-16(13)18(22,23)9-30-17(31)12-2-1-5-27-15(12)19(24,25)26/h1-8H,9H2,(H,30,31). The van der Waals surface area contributed by atoms with Crippen LogP contribution < -0.4 is 5.32 Å². The lowest BCUT2D eigenvalue weighted by Gasteiger charge is -2.19. The van der Waals surface area contributed by atoms with E-state index in [1.807, 2.05) is 0 Å². The zero-order chi connectivity index (χ0) is 22.8. The van der Waals surface area contributed by atoms with Crippen molar-refractivity contribution in [2.24, 2.45) is 0 Å². The van der Waals surface area contributed by atoms with Crippen molar-refractivity contribution in [2.45, 2.75) is 12.1 Å². The molecule has 3 heterocycles. The highest BCUT2D eigenvalue weighted by Gasteiger charge is 2.39. The third kappa shape index (κ3) is 5.10. The molecule has 0 saturated heterocycles. The van der Waals surface area contributed by atoms with Crippen molar-refractivity contribution in [3.63, 3.8) is 0 Å². The van der Waals surface area contributed by atoms with Crippen LogP contribution in [-0.2, 0) is 12.1 Å². The number of aromatic nitrogens is 3. The van der Waals surface area contributed by atoms with Crippen LogP contribution in [-0.4, -0.2) is 27.4 Å². The van der Waals surface area contributed by atoms with Crippen molar-refractivity contribution >= 4 is 17.5 Å². The van der Waals surface area contributed by atoms with E-state index in [2.05, 4.69) is 15.0 Å². The van der Waals surface area contributed by atoms with E-state index in [0.29, 0.717) is 5.56 Å². The van der Waals surface area contributed by atoms with Gasteiger partial charge in [0.2, 0.25) is 5.95 Å². The molecule has 162 valence electrons. The van der Waals surface area contributed by atoms with Gasteiger partial charge in [0.05, 0.1) is 17.1 Å². The highest BCUT2D eigenvalue weighted by molar-refractivity contribution is 6.31. The second-order valence-corrected chi connectivity index (χ2v) is 6.62. The first kappa shape index (κ1) is 22.5. The third-order valence-electron chi connectivity index (χ3n) is 4.04. The van der Waals surface area contributed by atoms with E-state index in [4.69, 9.17) is 11.6 Å². The number of carbonyl (C=O) groups is 1. The molecule has 0 fully saturated rings. The van der Waals surface area contributed by atoms with E-state index in [1.165, 1.54) is 6.07 Å². The van der Waals surface area contributed by atoms with Crippen LogP contribution in [0.15, 0.2) is 48.9 Å². The summed E-state index contributed by atoms with van der Waals surface area (Å²) in [5.41, 5.74) is -2.63. The number of amides is 1. The van der Waals surface area contributed by atoms with Gasteiger partial charge in [-0.15, -0.1) is 0 Å². The van der Waals surface area contributed by atoms with Crippen molar-refractivity contribution in [1.82, 2.24) is 20.3 Å². The highest BCUT2D eigenvalue weighted by Crippen LogP contribution is 2.34. The molecular formula is C19H11ClF6N4O. The molecule has 0 aliphatic heterocycles. The van der Waals surface area contributed by atoms with Gasteiger partial charge in [-0.25, -0.2) is 4.98 Å². The van der Waals surface area contributed by atoms with Gasteiger partial charge in [-0.3, -0.25) is 14.8 Å². The molecule has 1 amide bonds. The summed E-state index contributed by atoms with van der Waals surface area (Å²) >= 11 is 5.90.